The largest absolute Gasteiger partial charge is 0.456 e. The Labute approximate surface area is 215 Å². The summed E-state index contributed by atoms with van der Waals surface area (Å²) in [7, 11) is 0. The van der Waals surface area contributed by atoms with Gasteiger partial charge in [-0.1, -0.05) is 109 Å². The molecule has 172 valence electrons. The highest BCUT2D eigenvalue weighted by molar-refractivity contribution is 6.12. The van der Waals surface area contributed by atoms with E-state index in [2.05, 4.69) is 121 Å². The molecule has 0 spiro atoms. The number of hydrogen-bond donors (Lipinski definition) is 0. The molecule has 0 fully saturated rings. The van der Waals surface area contributed by atoms with Gasteiger partial charge in [0.25, 0.3) is 0 Å². The second-order valence-electron chi connectivity index (χ2n) is 9.74. The lowest BCUT2D eigenvalue weighted by Crippen LogP contribution is -1.97. The number of benzene rings is 7. The van der Waals surface area contributed by atoms with Gasteiger partial charge >= 0.3 is 0 Å². The molecule has 0 unspecified atom stereocenters. The first kappa shape index (κ1) is 20.3. The molecule has 1 aliphatic rings. The fraction of sp³-hybridized carbons (Fsp3) is 0. The maximum absolute atomic E-state index is 6.22. The third kappa shape index (κ3) is 3.11. The summed E-state index contributed by atoms with van der Waals surface area (Å²) in [5.74, 6) is 1.84. The summed E-state index contributed by atoms with van der Waals surface area (Å²) < 4.78 is 6.22. The molecule has 1 heterocycles. The summed E-state index contributed by atoms with van der Waals surface area (Å²) in [4.78, 5) is 0. The molecule has 0 radical (unpaired) electrons. The van der Waals surface area contributed by atoms with Crippen LogP contribution in [0.15, 0.2) is 133 Å². The van der Waals surface area contributed by atoms with Gasteiger partial charge in [-0.2, -0.15) is 0 Å². The van der Waals surface area contributed by atoms with E-state index in [1.807, 2.05) is 12.1 Å². The first-order chi connectivity index (χ1) is 18.3. The molecule has 1 nitrogen and oxygen atoms in total. The number of para-hydroxylation sites is 1. The molecular weight excluding hydrogens is 448 g/mol. The van der Waals surface area contributed by atoms with Gasteiger partial charge in [0.2, 0.25) is 0 Å². The van der Waals surface area contributed by atoms with Crippen molar-refractivity contribution in [1.29, 1.82) is 0 Å². The Morgan fingerprint density at radius 2 is 1.05 bits per heavy atom. The summed E-state index contributed by atoms with van der Waals surface area (Å²) in [6.45, 7) is 0. The molecule has 0 bridgehead atoms. The average molecular weight is 471 g/mol. The molecule has 0 N–H and O–H groups in total. The van der Waals surface area contributed by atoms with Crippen molar-refractivity contribution in [2.45, 2.75) is 0 Å². The maximum Gasteiger partial charge on any atom is 0.135 e. The summed E-state index contributed by atoms with van der Waals surface area (Å²) in [6.07, 6.45) is 0. The number of rotatable bonds is 2. The van der Waals surface area contributed by atoms with Gasteiger partial charge in [0.05, 0.1) is 0 Å². The molecule has 1 aliphatic heterocycles. The molecule has 0 saturated heterocycles. The summed E-state index contributed by atoms with van der Waals surface area (Å²) >= 11 is 0. The van der Waals surface area contributed by atoms with Gasteiger partial charge < -0.3 is 4.74 Å². The number of fused-ring (bicyclic) bond motifs is 5. The topological polar surface area (TPSA) is 9.23 Å². The first-order valence-corrected chi connectivity index (χ1v) is 12.7. The van der Waals surface area contributed by atoms with E-state index in [4.69, 9.17) is 4.74 Å². The van der Waals surface area contributed by atoms with E-state index in [-0.39, 0.29) is 0 Å². The molecule has 7 aromatic carbocycles. The zero-order valence-electron chi connectivity index (χ0n) is 20.1. The van der Waals surface area contributed by atoms with E-state index < -0.39 is 0 Å². The zero-order chi connectivity index (χ0) is 24.3. The molecule has 0 aromatic heterocycles. The third-order valence-electron chi connectivity index (χ3n) is 7.65. The lowest BCUT2D eigenvalue weighted by molar-refractivity contribution is 0.487. The lowest BCUT2D eigenvalue weighted by Gasteiger charge is -2.22. The van der Waals surface area contributed by atoms with Crippen LogP contribution in [0.5, 0.6) is 11.5 Å². The van der Waals surface area contributed by atoms with Crippen molar-refractivity contribution in [2.75, 3.05) is 0 Å². The minimum absolute atomic E-state index is 0.915. The Hall–Kier alpha value is -4.88. The highest BCUT2D eigenvalue weighted by Gasteiger charge is 2.20. The highest BCUT2D eigenvalue weighted by Crippen LogP contribution is 2.47. The normalized spacial score (nSPS) is 12.0. The Morgan fingerprint density at radius 1 is 0.351 bits per heavy atom. The van der Waals surface area contributed by atoms with Gasteiger partial charge in [0.1, 0.15) is 11.5 Å². The van der Waals surface area contributed by atoms with Crippen molar-refractivity contribution in [3.8, 4) is 44.9 Å². The fourth-order valence-electron chi connectivity index (χ4n) is 5.89. The van der Waals surface area contributed by atoms with Crippen molar-refractivity contribution in [1.82, 2.24) is 0 Å². The van der Waals surface area contributed by atoms with Crippen molar-refractivity contribution < 1.29 is 4.74 Å². The van der Waals surface area contributed by atoms with E-state index in [9.17, 15) is 0 Å². The van der Waals surface area contributed by atoms with Crippen molar-refractivity contribution in [3.05, 3.63) is 133 Å². The average Bonchev–Trinajstić information content (AvgIpc) is 2.97. The van der Waals surface area contributed by atoms with Crippen LogP contribution in [0, 0.1) is 0 Å². The SMILES string of the molecule is c1ccc2c(c1)Oc1cccc3cc(-c4ccc(-c5cccc6c5ccc5ccccc56)cc4)cc-2c13. The highest BCUT2D eigenvalue weighted by atomic mass is 16.5. The van der Waals surface area contributed by atoms with Crippen LogP contribution >= 0.6 is 0 Å². The summed E-state index contributed by atoms with van der Waals surface area (Å²) in [5, 5.41) is 7.54. The van der Waals surface area contributed by atoms with Crippen LogP contribution in [-0.2, 0) is 0 Å². The van der Waals surface area contributed by atoms with E-state index in [1.54, 1.807) is 0 Å². The molecule has 0 aliphatic carbocycles. The van der Waals surface area contributed by atoms with Gasteiger partial charge in [0, 0.05) is 10.9 Å². The lowest BCUT2D eigenvalue weighted by atomic mass is 9.90. The fourth-order valence-corrected chi connectivity index (χ4v) is 5.89. The van der Waals surface area contributed by atoms with Crippen molar-refractivity contribution in [2.24, 2.45) is 0 Å². The van der Waals surface area contributed by atoms with Crippen molar-refractivity contribution in [3.63, 3.8) is 0 Å². The number of hydrogen-bond acceptors (Lipinski definition) is 1. The van der Waals surface area contributed by atoms with Gasteiger partial charge in [-0.15, -0.1) is 0 Å². The van der Waals surface area contributed by atoms with Crippen LogP contribution in [0.2, 0.25) is 0 Å². The maximum atomic E-state index is 6.22. The van der Waals surface area contributed by atoms with Crippen LogP contribution in [0.4, 0.5) is 0 Å². The molecule has 8 rings (SSSR count). The van der Waals surface area contributed by atoms with Crippen LogP contribution in [0.25, 0.3) is 65.7 Å². The summed E-state index contributed by atoms with van der Waals surface area (Å²) in [5.41, 5.74) is 7.29. The van der Waals surface area contributed by atoms with E-state index in [1.165, 1.54) is 60.1 Å². The molecule has 7 aromatic rings. The van der Waals surface area contributed by atoms with Gasteiger partial charge in [0.15, 0.2) is 0 Å². The quantitative estimate of drug-likeness (QED) is 0.228. The smallest absolute Gasteiger partial charge is 0.135 e. The summed E-state index contributed by atoms with van der Waals surface area (Å²) in [6, 6.07) is 47.9. The van der Waals surface area contributed by atoms with Crippen LogP contribution in [-0.4, -0.2) is 0 Å². The second-order valence-corrected chi connectivity index (χ2v) is 9.74. The molecule has 0 amide bonds. The Morgan fingerprint density at radius 3 is 2.00 bits per heavy atom. The Balaban J connectivity index is 1.26. The molecular formula is C36H22O. The standard InChI is InChI=1S/C36H22O/c1-2-9-28-24(7-1)19-20-31-29(11-6-12-30(28)31)25-17-15-23(16-18-25)27-21-26-8-5-14-35-36(26)33(22-27)32-10-3-4-13-34(32)37-35/h1-22H. The Kier molecular flexibility index (Phi) is 4.29. The zero-order valence-corrected chi connectivity index (χ0v) is 20.1. The molecule has 0 saturated carbocycles. The minimum atomic E-state index is 0.915. The predicted molar refractivity (Wildman–Crippen MR) is 155 cm³/mol. The Bertz CT molecular complexity index is 2000. The predicted octanol–water partition coefficient (Wildman–Crippen LogP) is 10.3. The number of ether oxygens (including phenoxy) is 1. The van der Waals surface area contributed by atoms with Gasteiger partial charge in [-0.3, -0.25) is 0 Å². The van der Waals surface area contributed by atoms with Gasteiger partial charge in [-0.25, -0.2) is 0 Å². The van der Waals surface area contributed by atoms with E-state index >= 15 is 0 Å². The molecule has 0 atom stereocenters. The van der Waals surface area contributed by atoms with Crippen molar-refractivity contribution >= 4 is 32.3 Å². The molecule has 37 heavy (non-hydrogen) atoms. The van der Waals surface area contributed by atoms with E-state index in [0.717, 1.165) is 17.1 Å². The van der Waals surface area contributed by atoms with Crippen LogP contribution in [0.3, 0.4) is 0 Å². The second kappa shape index (κ2) is 7.81. The minimum Gasteiger partial charge on any atom is -0.456 e. The third-order valence-corrected chi connectivity index (χ3v) is 7.65. The first-order valence-electron chi connectivity index (χ1n) is 12.7. The molecule has 1 heteroatoms. The van der Waals surface area contributed by atoms with Gasteiger partial charge in [-0.05, 0) is 79.0 Å². The van der Waals surface area contributed by atoms with Crippen LogP contribution < -0.4 is 4.74 Å². The monoisotopic (exact) mass is 470 g/mol. The van der Waals surface area contributed by atoms with Crippen LogP contribution in [0.1, 0.15) is 0 Å². The van der Waals surface area contributed by atoms with E-state index in [0.29, 0.717) is 0 Å².